The first-order valence-corrected chi connectivity index (χ1v) is 10.7. The molecule has 0 bridgehead atoms. The minimum absolute atomic E-state index is 0.584. The Morgan fingerprint density at radius 2 is 1.67 bits per heavy atom. The molecule has 0 unspecified atom stereocenters. The second-order valence-electron chi connectivity index (χ2n) is 7.48. The van der Waals surface area contributed by atoms with E-state index in [9.17, 15) is 0 Å². The first kappa shape index (κ1) is 21.2. The monoisotopic (exact) mass is 362 g/mol. The van der Waals surface area contributed by atoms with Gasteiger partial charge in [0.1, 0.15) is 5.75 Å². The lowest BCUT2D eigenvalue weighted by Crippen LogP contribution is -2.13. The van der Waals surface area contributed by atoms with Crippen molar-refractivity contribution in [2.45, 2.75) is 71.6 Å². The number of allylic oxidation sites excluding steroid dienone is 2. The smallest absolute Gasteiger partial charge is 0.119 e. The summed E-state index contributed by atoms with van der Waals surface area (Å²) in [5.74, 6) is 15.2. The van der Waals surface area contributed by atoms with Gasteiger partial charge in [0, 0.05) is 11.5 Å². The van der Waals surface area contributed by atoms with Gasteiger partial charge >= 0.3 is 0 Å². The van der Waals surface area contributed by atoms with Crippen molar-refractivity contribution in [1.82, 2.24) is 0 Å². The lowest BCUT2D eigenvalue weighted by Gasteiger charge is -2.25. The molecule has 0 aromatic heterocycles. The van der Waals surface area contributed by atoms with Crippen LogP contribution in [0, 0.1) is 35.5 Å². The van der Waals surface area contributed by atoms with E-state index in [0.29, 0.717) is 5.92 Å². The fourth-order valence-corrected chi connectivity index (χ4v) is 3.51. The molecule has 0 saturated heterocycles. The van der Waals surface area contributed by atoms with Crippen LogP contribution in [-0.2, 0) is 0 Å². The Morgan fingerprint density at radius 3 is 2.37 bits per heavy atom. The molecule has 1 aliphatic carbocycles. The van der Waals surface area contributed by atoms with Crippen molar-refractivity contribution in [3.8, 4) is 29.4 Å². The molecule has 0 heterocycles. The molecule has 1 aromatic rings. The highest BCUT2D eigenvalue weighted by atomic mass is 16.5. The van der Waals surface area contributed by atoms with Gasteiger partial charge in [0.2, 0.25) is 0 Å². The Labute approximate surface area is 166 Å². The van der Waals surface area contributed by atoms with Crippen molar-refractivity contribution in [1.29, 1.82) is 0 Å². The van der Waals surface area contributed by atoms with Crippen LogP contribution in [0.4, 0.5) is 0 Å². The van der Waals surface area contributed by atoms with Gasteiger partial charge in [0.05, 0.1) is 6.61 Å². The quantitative estimate of drug-likeness (QED) is 0.384. The van der Waals surface area contributed by atoms with Crippen molar-refractivity contribution in [3.63, 3.8) is 0 Å². The van der Waals surface area contributed by atoms with Gasteiger partial charge < -0.3 is 4.74 Å². The van der Waals surface area contributed by atoms with E-state index in [-0.39, 0.29) is 0 Å². The van der Waals surface area contributed by atoms with E-state index >= 15 is 0 Å². The van der Waals surface area contributed by atoms with Gasteiger partial charge in [-0.05, 0) is 74.4 Å². The van der Waals surface area contributed by atoms with Gasteiger partial charge in [-0.25, -0.2) is 0 Å². The Morgan fingerprint density at radius 1 is 0.926 bits per heavy atom. The molecule has 0 spiro atoms. The van der Waals surface area contributed by atoms with Crippen LogP contribution in [0.1, 0.15) is 77.2 Å². The molecule has 1 aliphatic rings. The van der Waals surface area contributed by atoms with Crippen molar-refractivity contribution < 1.29 is 4.74 Å². The molecule has 1 saturated carbocycles. The van der Waals surface area contributed by atoms with Crippen LogP contribution in [0.5, 0.6) is 5.75 Å². The molecule has 1 nitrogen and oxygen atoms in total. The van der Waals surface area contributed by atoms with Gasteiger partial charge in [-0.15, -0.1) is 0 Å². The summed E-state index contributed by atoms with van der Waals surface area (Å²) >= 11 is 0. The number of hydrogen-bond donors (Lipinski definition) is 0. The van der Waals surface area contributed by atoms with Gasteiger partial charge in [-0.1, -0.05) is 63.2 Å². The molecule has 2 rings (SSSR count). The predicted molar refractivity (Wildman–Crippen MR) is 116 cm³/mol. The third-order valence-corrected chi connectivity index (χ3v) is 5.14. The predicted octanol–water partition coefficient (Wildman–Crippen LogP) is 6.77. The fourth-order valence-electron chi connectivity index (χ4n) is 3.51. The number of unbranched alkanes of at least 4 members (excludes halogenated alkanes) is 2. The molecule has 0 N–H and O–H groups in total. The van der Waals surface area contributed by atoms with Gasteiger partial charge in [-0.2, -0.15) is 0 Å². The van der Waals surface area contributed by atoms with Crippen molar-refractivity contribution in [3.05, 3.63) is 42.0 Å². The van der Waals surface area contributed by atoms with Crippen LogP contribution < -0.4 is 4.74 Å². The minimum Gasteiger partial charge on any atom is -0.494 e. The zero-order valence-electron chi connectivity index (χ0n) is 17.1. The van der Waals surface area contributed by atoms with E-state index in [0.717, 1.165) is 30.3 Å². The summed E-state index contributed by atoms with van der Waals surface area (Å²) in [4.78, 5) is 0. The second kappa shape index (κ2) is 13.1. The van der Waals surface area contributed by atoms with E-state index in [1.165, 1.54) is 51.4 Å². The van der Waals surface area contributed by atoms with Crippen molar-refractivity contribution in [2.75, 3.05) is 6.61 Å². The second-order valence-corrected chi connectivity index (χ2v) is 7.48. The third kappa shape index (κ3) is 8.88. The molecule has 1 fully saturated rings. The number of rotatable bonds is 7. The Kier molecular flexibility index (Phi) is 10.3. The first-order valence-electron chi connectivity index (χ1n) is 10.7. The number of hydrogen-bond acceptors (Lipinski definition) is 1. The van der Waals surface area contributed by atoms with Crippen LogP contribution >= 0.6 is 0 Å². The Balaban J connectivity index is 1.69. The third-order valence-electron chi connectivity index (χ3n) is 5.14. The molecule has 0 radical (unpaired) electrons. The maximum Gasteiger partial charge on any atom is 0.119 e. The van der Waals surface area contributed by atoms with Gasteiger partial charge in [0.25, 0.3) is 0 Å². The highest BCUT2D eigenvalue weighted by Crippen LogP contribution is 2.31. The highest BCUT2D eigenvalue weighted by Gasteiger charge is 2.19. The highest BCUT2D eigenvalue weighted by molar-refractivity contribution is 5.40. The largest absolute Gasteiger partial charge is 0.494 e. The fraction of sp³-hybridized carbons (Fsp3) is 0.538. The lowest BCUT2D eigenvalue weighted by molar-refractivity contribution is 0.294. The van der Waals surface area contributed by atoms with Crippen LogP contribution in [0.15, 0.2) is 36.4 Å². The molecule has 144 valence electrons. The normalized spacial score (nSPS) is 19.0. The first-order chi connectivity index (χ1) is 13.3. The minimum atomic E-state index is 0.584. The summed E-state index contributed by atoms with van der Waals surface area (Å²) in [7, 11) is 0. The van der Waals surface area contributed by atoms with Crippen LogP contribution in [-0.4, -0.2) is 6.61 Å². The molecule has 1 aromatic carbocycles. The SMILES string of the molecule is CCCCCC1CCC(C#CC=CC#Cc2ccc(OCCC)cc2)CC1. The van der Waals surface area contributed by atoms with Crippen LogP contribution in [0.2, 0.25) is 0 Å². The van der Waals surface area contributed by atoms with E-state index < -0.39 is 0 Å². The average Bonchev–Trinajstić information content (AvgIpc) is 2.71. The Hall–Kier alpha value is -2.12. The molecular weight excluding hydrogens is 328 g/mol. The summed E-state index contributed by atoms with van der Waals surface area (Å²) in [5.41, 5.74) is 0.998. The van der Waals surface area contributed by atoms with Crippen LogP contribution in [0.3, 0.4) is 0 Å². The van der Waals surface area contributed by atoms with E-state index in [1.54, 1.807) is 0 Å². The van der Waals surface area contributed by atoms with Crippen molar-refractivity contribution >= 4 is 0 Å². The topological polar surface area (TPSA) is 9.23 Å². The lowest BCUT2D eigenvalue weighted by atomic mass is 9.80. The van der Waals surface area contributed by atoms with E-state index in [4.69, 9.17) is 4.74 Å². The standard InChI is InChI=1S/C26H34O/c1-3-5-8-11-23-14-16-24(17-15-23)12-9-6-7-10-13-25-18-20-26(21-19-25)27-22-4-2/h6-7,18-21,23-24H,3-5,8,11,14-17,22H2,1-2H3. The van der Waals surface area contributed by atoms with Gasteiger partial charge in [0.15, 0.2) is 0 Å². The van der Waals surface area contributed by atoms with Gasteiger partial charge in [-0.3, -0.25) is 0 Å². The average molecular weight is 363 g/mol. The van der Waals surface area contributed by atoms with Crippen molar-refractivity contribution in [2.24, 2.45) is 11.8 Å². The molecule has 27 heavy (non-hydrogen) atoms. The van der Waals surface area contributed by atoms with Crippen LogP contribution in [0.25, 0.3) is 0 Å². The molecular formula is C26H34O. The number of benzene rings is 1. The summed E-state index contributed by atoms with van der Waals surface area (Å²) in [6, 6.07) is 7.94. The van der Waals surface area contributed by atoms with E-state index in [1.807, 2.05) is 36.4 Å². The summed E-state index contributed by atoms with van der Waals surface area (Å²) in [5, 5.41) is 0. The summed E-state index contributed by atoms with van der Waals surface area (Å²) in [6.07, 6.45) is 15.6. The number of ether oxygens (including phenoxy) is 1. The zero-order chi connectivity index (χ0) is 19.2. The maximum absolute atomic E-state index is 5.58. The Bertz CT molecular complexity index is 667. The zero-order valence-corrected chi connectivity index (χ0v) is 17.1. The van der Waals surface area contributed by atoms with E-state index in [2.05, 4.69) is 37.5 Å². The summed E-state index contributed by atoms with van der Waals surface area (Å²) in [6.45, 7) is 5.14. The molecule has 0 aliphatic heterocycles. The molecule has 0 amide bonds. The maximum atomic E-state index is 5.58. The molecule has 0 atom stereocenters. The summed E-state index contributed by atoms with van der Waals surface area (Å²) < 4.78 is 5.58. The molecule has 1 heteroatoms.